The molecule has 106 valence electrons. The summed E-state index contributed by atoms with van der Waals surface area (Å²) in [5, 5.41) is 13.4. The minimum absolute atomic E-state index is 0.316. The summed E-state index contributed by atoms with van der Waals surface area (Å²) in [5.41, 5.74) is 2.55. The summed E-state index contributed by atoms with van der Waals surface area (Å²) in [4.78, 5) is 0. The van der Waals surface area contributed by atoms with E-state index < -0.39 is 0 Å². The number of phenols is 1. The maximum absolute atomic E-state index is 9.33. The first kappa shape index (κ1) is 14.9. The molecule has 0 aliphatic carbocycles. The molecular weight excluding hydrogens is 270 g/mol. The second kappa shape index (κ2) is 7.32. The highest BCUT2D eigenvalue weighted by Gasteiger charge is 2.10. The highest BCUT2D eigenvalue weighted by atomic mass is 35.5. The summed E-state index contributed by atoms with van der Waals surface area (Å²) in [6.07, 6.45) is 2.00. The van der Waals surface area contributed by atoms with Gasteiger partial charge in [0.2, 0.25) is 0 Å². The minimum atomic E-state index is 0.316. The summed E-state index contributed by atoms with van der Waals surface area (Å²) in [7, 11) is 1.98. The van der Waals surface area contributed by atoms with E-state index in [9.17, 15) is 5.11 Å². The van der Waals surface area contributed by atoms with Gasteiger partial charge in [0.15, 0.2) is 0 Å². The Bertz CT molecular complexity index is 474. The molecular formula is C17H20ClNO. The zero-order valence-electron chi connectivity index (χ0n) is 11.6. The second-order valence-corrected chi connectivity index (χ2v) is 5.56. The molecule has 1 unspecified atom stereocenters. The van der Waals surface area contributed by atoms with Crippen LogP contribution in [0.1, 0.15) is 11.1 Å². The zero-order valence-corrected chi connectivity index (χ0v) is 12.4. The van der Waals surface area contributed by atoms with Gasteiger partial charge in [-0.05, 0) is 67.7 Å². The lowest BCUT2D eigenvalue weighted by molar-refractivity contribution is 0.473. The van der Waals surface area contributed by atoms with Crippen LogP contribution in [0, 0.1) is 5.92 Å². The van der Waals surface area contributed by atoms with E-state index in [0.717, 1.165) is 24.4 Å². The van der Waals surface area contributed by atoms with E-state index in [-0.39, 0.29) is 0 Å². The fraction of sp³-hybridized carbons (Fsp3) is 0.294. The lowest BCUT2D eigenvalue weighted by Crippen LogP contribution is -2.22. The summed E-state index contributed by atoms with van der Waals surface area (Å²) < 4.78 is 0. The predicted molar refractivity (Wildman–Crippen MR) is 84.4 cm³/mol. The van der Waals surface area contributed by atoms with Crippen LogP contribution in [-0.2, 0) is 12.8 Å². The molecule has 2 aromatic carbocycles. The number of phenolic OH excluding ortho intramolecular Hbond substituents is 1. The molecule has 0 spiro atoms. The van der Waals surface area contributed by atoms with Crippen LogP contribution in [0.5, 0.6) is 5.75 Å². The van der Waals surface area contributed by atoms with Crippen molar-refractivity contribution < 1.29 is 5.11 Å². The van der Waals surface area contributed by atoms with E-state index in [1.54, 1.807) is 12.1 Å². The van der Waals surface area contributed by atoms with Gasteiger partial charge in [0.05, 0.1) is 0 Å². The van der Waals surface area contributed by atoms with Crippen molar-refractivity contribution in [2.24, 2.45) is 5.92 Å². The maximum Gasteiger partial charge on any atom is 0.115 e. The predicted octanol–water partition coefficient (Wildman–Crippen LogP) is 3.67. The van der Waals surface area contributed by atoms with Gasteiger partial charge in [-0.15, -0.1) is 0 Å². The van der Waals surface area contributed by atoms with Crippen molar-refractivity contribution in [3.63, 3.8) is 0 Å². The Morgan fingerprint density at radius 1 is 0.950 bits per heavy atom. The normalized spacial score (nSPS) is 12.3. The van der Waals surface area contributed by atoms with Gasteiger partial charge >= 0.3 is 0 Å². The molecule has 0 fully saturated rings. The van der Waals surface area contributed by atoms with Crippen molar-refractivity contribution >= 4 is 11.6 Å². The number of benzene rings is 2. The fourth-order valence-electron chi connectivity index (χ4n) is 2.42. The molecule has 0 heterocycles. The third kappa shape index (κ3) is 4.55. The molecule has 3 heteroatoms. The zero-order chi connectivity index (χ0) is 14.4. The molecule has 0 bridgehead atoms. The lowest BCUT2D eigenvalue weighted by Gasteiger charge is -2.17. The minimum Gasteiger partial charge on any atom is -0.508 e. The average molecular weight is 290 g/mol. The Morgan fingerprint density at radius 3 is 1.95 bits per heavy atom. The number of aromatic hydroxyl groups is 1. The fourth-order valence-corrected chi connectivity index (χ4v) is 2.55. The SMILES string of the molecule is CNCC(Cc1ccc(O)cc1)Cc1ccc(Cl)cc1. The summed E-state index contributed by atoms with van der Waals surface area (Å²) in [6, 6.07) is 15.5. The third-order valence-corrected chi connectivity index (χ3v) is 3.64. The molecule has 2 rings (SSSR count). The van der Waals surface area contributed by atoms with Crippen LogP contribution in [0.15, 0.2) is 48.5 Å². The number of nitrogens with one attached hydrogen (secondary N) is 1. The van der Waals surface area contributed by atoms with Crippen LogP contribution in [0.4, 0.5) is 0 Å². The largest absolute Gasteiger partial charge is 0.508 e. The maximum atomic E-state index is 9.33. The molecule has 0 aromatic heterocycles. The van der Waals surface area contributed by atoms with Crippen LogP contribution in [-0.4, -0.2) is 18.7 Å². The molecule has 0 aliphatic heterocycles. The third-order valence-electron chi connectivity index (χ3n) is 3.39. The number of rotatable bonds is 6. The number of hydrogen-bond acceptors (Lipinski definition) is 2. The molecule has 2 N–H and O–H groups in total. The van der Waals surface area contributed by atoms with Gasteiger partial charge in [-0.2, -0.15) is 0 Å². The van der Waals surface area contributed by atoms with Crippen molar-refractivity contribution in [2.75, 3.05) is 13.6 Å². The Kier molecular flexibility index (Phi) is 5.45. The molecule has 0 saturated carbocycles. The van der Waals surface area contributed by atoms with Gasteiger partial charge in [0.1, 0.15) is 5.75 Å². The highest BCUT2D eigenvalue weighted by molar-refractivity contribution is 6.30. The molecule has 0 saturated heterocycles. The van der Waals surface area contributed by atoms with Gasteiger partial charge in [-0.3, -0.25) is 0 Å². The van der Waals surface area contributed by atoms with Gasteiger partial charge in [0.25, 0.3) is 0 Å². The molecule has 0 radical (unpaired) electrons. The van der Waals surface area contributed by atoms with Crippen LogP contribution < -0.4 is 5.32 Å². The van der Waals surface area contributed by atoms with E-state index in [0.29, 0.717) is 11.7 Å². The van der Waals surface area contributed by atoms with Crippen molar-refractivity contribution in [3.05, 3.63) is 64.7 Å². The first-order chi connectivity index (χ1) is 9.67. The monoisotopic (exact) mass is 289 g/mol. The van der Waals surface area contributed by atoms with Crippen LogP contribution in [0.25, 0.3) is 0 Å². The standard InChI is InChI=1S/C17H20ClNO/c1-19-12-15(10-13-2-6-16(18)7-3-13)11-14-4-8-17(20)9-5-14/h2-9,15,19-20H,10-12H2,1H3. The second-order valence-electron chi connectivity index (χ2n) is 5.12. The number of halogens is 1. The van der Waals surface area contributed by atoms with Crippen LogP contribution in [0.2, 0.25) is 5.02 Å². The van der Waals surface area contributed by atoms with Crippen molar-refractivity contribution in [2.45, 2.75) is 12.8 Å². The van der Waals surface area contributed by atoms with E-state index in [1.165, 1.54) is 11.1 Å². The molecule has 20 heavy (non-hydrogen) atoms. The van der Waals surface area contributed by atoms with Gasteiger partial charge < -0.3 is 10.4 Å². The van der Waals surface area contributed by atoms with E-state index in [4.69, 9.17) is 11.6 Å². The summed E-state index contributed by atoms with van der Waals surface area (Å²) in [5.74, 6) is 0.835. The van der Waals surface area contributed by atoms with Gasteiger partial charge in [-0.1, -0.05) is 35.9 Å². The molecule has 0 aliphatic rings. The molecule has 1 atom stereocenters. The average Bonchev–Trinajstić information content (AvgIpc) is 2.44. The Morgan fingerprint density at radius 2 is 1.45 bits per heavy atom. The number of hydrogen-bond donors (Lipinski definition) is 2. The van der Waals surface area contributed by atoms with Crippen molar-refractivity contribution in [3.8, 4) is 5.75 Å². The molecule has 0 amide bonds. The highest BCUT2D eigenvalue weighted by Crippen LogP contribution is 2.18. The Balaban J connectivity index is 2.02. The van der Waals surface area contributed by atoms with Crippen molar-refractivity contribution in [1.82, 2.24) is 5.32 Å². The van der Waals surface area contributed by atoms with Crippen LogP contribution >= 0.6 is 11.6 Å². The van der Waals surface area contributed by atoms with E-state index in [2.05, 4.69) is 17.4 Å². The van der Waals surface area contributed by atoms with E-state index >= 15 is 0 Å². The van der Waals surface area contributed by atoms with E-state index in [1.807, 2.05) is 31.3 Å². The molecule has 2 aromatic rings. The first-order valence-electron chi connectivity index (χ1n) is 6.84. The molecule has 2 nitrogen and oxygen atoms in total. The Hall–Kier alpha value is -1.51. The van der Waals surface area contributed by atoms with Crippen molar-refractivity contribution in [1.29, 1.82) is 0 Å². The lowest BCUT2D eigenvalue weighted by atomic mass is 9.92. The Labute approximate surface area is 125 Å². The van der Waals surface area contributed by atoms with Gasteiger partial charge in [0, 0.05) is 5.02 Å². The first-order valence-corrected chi connectivity index (χ1v) is 7.22. The van der Waals surface area contributed by atoms with Gasteiger partial charge in [-0.25, -0.2) is 0 Å². The topological polar surface area (TPSA) is 32.3 Å². The van der Waals surface area contributed by atoms with Crippen LogP contribution in [0.3, 0.4) is 0 Å². The quantitative estimate of drug-likeness (QED) is 0.850. The summed E-state index contributed by atoms with van der Waals surface area (Å²) in [6.45, 7) is 0.962. The smallest absolute Gasteiger partial charge is 0.115 e. The summed E-state index contributed by atoms with van der Waals surface area (Å²) >= 11 is 5.92.